The predicted octanol–water partition coefficient (Wildman–Crippen LogP) is 3.29. The fourth-order valence-electron chi connectivity index (χ4n) is 2.23. The zero-order valence-electron chi connectivity index (χ0n) is 11.8. The van der Waals surface area contributed by atoms with Gasteiger partial charge in [0, 0.05) is 18.0 Å². The Balaban J connectivity index is 2.62. The minimum absolute atomic E-state index is 0.000884. The molecule has 1 aromatic heterocycles. The molecule has 0 fully saturated rings. The van der Waals surface area contributed by atoms with Crippen LogP contribution in [0.4, 0.5) is 10.2 Å². The number of hydrogen-bond acceptors (Lipinski definition) is 3. The van der Waals surface area contributed by atoms with Gasteiger partial charge in [-0.25, -0.2) is 9.37 Å². The van der Waals surface area contributed by atoms with Crippen LogP contribution >= 0.6 is 0 Å². The zero-order valence-corrected chi connectivity index (χ0v) is 11.8. The maximum absolute atomic E-state index is 13.4. The largest absolute Gasteiger partial charge is 0.383 e. The van der Waals surface area contributed by atoms with Gasteiger partial charge in [-0.15, -0.1) is 0 Å². The molecule has 0 bridgehead atoms. The zero-order chi connectivity index (χ0) is 14.9. The Bertz CT molecular complexity index is 680. The van der Waals surface area contributed by atoms with Gasteiger partial charge in [-0.3, -0.25) is 0 Å². The van der Waals surface area contributed by atoms with Gasteiger partial charge in [-0.1, -0.05) is 13.8 Å². The Kier molecular flexibility index (Phi) is 3.75. The summed E-state index contributed by atoms with van der Waals surface area (Å²) in [6.07, 6.45) is 0. The third-order valence-electron chi connectivity index (χ3n) is 3.23. The standard InChI is InChI=1S/C15H17FN4/c1-4-20-14(18)13(19-15(20)9(2)3)10-5-6-12(16)11(7-10)8-17/h5-7,9H,4,18H2,1-3H3. The van der Waals surface area contributed by atoms with Crippen LogP contribution in [0.5, 0.6) is 0 Å². The molecular formula is C15H17FN4. The fourth-order valence-corrected chi connectivity index (χ4v) is 2.23. The Morgan fingerprint density at radius 1 is 1.45 bits per heavy atom. The van der Waals surface area contributed by atoms with E-state index in [2.05, 4.69) is 4.98 Å². The number of hydrogen-bond donors (Lipinski definition) is 1. The number of nitrogens with zero attached hydrogens (tertiary/aromatic N) is 3. The van der Waals surface area contributed by atoms with E-state index in [4.69, 9.17) is 11.0 Å². The summed E-state index contributed by atoms with van der Waals surface area (Å²) in [5.74, 6) is 1.14. The van der Waals surface area contributed by atoms with Crippen molar-refractivity contribution in [2.24, 2.45) is 0 Å². The van der Waals surface area contributed by atoms with Crippen LogP contribution in [-0.4, -0.2) is 9.55 Å². The number of imidazole rings is 1. The molecule has 0 spiro atoms. The van der Waals surface area contributed by atoms with Crippen molar-refractivity contribution in [3.05, 3.63) is 35.4 Å². The van der Waals surface area contributed by atoms with E-state index >= 15 is 0 Å². The molecule has 0 atom stereocenters. The summed E-state index contributed by atoms with van der Waals surface area (Å²) in [5, 5.41) is 8.91. The van der Waals surface area contributed by atoms with Crippen molar-refractivity contribution in [3.8, 4) is 17.3 Å². The van der Waals surface area contributed by atoms with E-state index in [9.17, 15) is 4.39 Å². The number of nitriles is 1. The first kappa shape index (κ1) is 14.1. The molecule has 5 heteroatoms. The summed E-state index contributed by atoms with van der Waals surface area (Å²) in [7, 11) is 0. The number of anilines is 1. The maximum Gasteiger partial charge on any atom is 0.140 e. The first-order valence-corrected chi connectivity index (χ1v) is 6.55. The molecule has 0 aliphatic carbocycles. The molecule has 0 radical (unpaired) electrons. The second-order valence-electron chi connectivity index (χ2n) is 4.91. The number of nitrogens with two attached hydrogens (primary N) is 1. The average molecular weight is 272 g/mol. The maximum atomic E-state index is 13.4. The second-order valence-corrected chi connectivity index (χ2v) is 4.91. The highest BCUT2D eigenvalue weighted by Gasteiger charge is 2.18. The van der Waals surface area contributed by atoms with Crippen molar-refractivity contribution in [3.63, 3.8) is 0 Å². The summed E-state index contributed by atoms with van der Waals surface area (Å²) < 4.78 is 15.3. The van der Waals surface area contributed by atoms with Gasteiger partial charge in [-0.05, 0) is 25.1 Å². The third kappa shape index (κ3) is 2.25. The Labute approximate surface area is 117 Å². The van der Waals surface area contributed by atoms with Gasteiger partial charge in [0.15, 0.2) is 0 Å². The Morgan fingerprint density at radius 2 is 2.15 bits per heavy atom. The summed E-state index contributed by atoms with van der Waals surface area (Å²) in [5.41, 5.74) is 7.40. The SMILES string of the molecule is CCn1c(C(C)C)nc(-c2ccc(F)c(C#N)c2)c1N. The number of nitrogen functional groups attached to an aromatic ring is 1. The molecule has 2 N–H and O–H groups in total. The molecule has 0 unspecified atom stereocenters. The van der Waals surface area contributed by atoms with Gasteiger partial charge in [0.05, 0.1) is 5.56 Å². The van der Waals surface area contributed by atoms with Crippen molar-refractivity contribution >= 4 is 5.82 Å². The number of rotatable bonds is 3. The van der Waals surface area contributed by atoms with Crippen LogP contribution < -0.4 is 5.73 Å². The lowest BCUT2D eigenvalue weighted by atomic mass is 10.1. The van der Waals surface area contributed by atoms with E-state index in [-0.39, 0.29) is 11.5 Å². The van der Waals surface area contributed by atoms with E-state index in [0.29, 0.717) is 17.1 Å². The summed E-state index contributed by atoms with van der Waals surface area (Å²) in [6.45, 7) is 6.81. The van der Waals surface area contributed by atoms with Gasteiger partial charge < -0.3 is 10.3 Å². The highest BCUT2D eigenvalue weighted by Crippen LogP contribution is 2.30. The molecule has 1 aromatic carbocycles. The van der Waals surface area contributed by atoms with Crippen LogP contribution in [0.25, 0.3) is 11.3 Å². The van der Waals surface area contributed by atoms with Crippen LogP contribution in [0.15, 0.2) is 18.2 Å². The summed E-state index contributed by atoms with van der Waals surface area (Å²) >= 11 is 0. The van der Waals surface area contributed by atoms with Gasteiger partial charge in [0.2, 0.25) is 0 Å². The minimum atomic E-state index is -0.533. The molecule has 4 nitrogen and oxygen atoms in total. The van der Waals surface area contributed by atoms with Gasteiger partial charge in [-0.2, -0.15) is 5.26 Å². The Hall–Kier alpha value is -2.35. The van der Waals surface area contributed by atoms with Crippen LogP contribution in [-0.2, 0) is 6.54 Å². The highest BCUT2D eigenvalue weighted by atomic mass is 19.1. The van der Waals surface area contributed by atoms with Crippen molar-refractivity contribution in [1.82, 2.24) is 9.55 Å². The molecule has 2 aromatic rings. The summed E-state index contributed by atoms with van der Waals surface area (Å²) in [6, 6.07) is 6.18. The van der Waals surface area contributed by atoms with Crippen molar-refractivity contribution in [2.75, 3.05) is 5.73 Å². The van der Waals surface area contributed by atoms with Gasteiger partial charge in [0.25, 0.3) is 0 Å². The van der Waals surface area contributed by atoms with Gasteiger partial charge >= 0.3 is 0 Å². The smallest absolute Gasteiger partial charge is 0.140 e. The molecular weight excluding hydrogens is 255 g/mol. The number of aromatic nitrogens is 2. The molecule has 20 heavy (non-hydrogen) atoms. The van der Waals surface area contributed by atoms with E-state index in [0.717, 1.165) is 12.4 Å². The highest BCUT2D eigenvalue weighted by molar-refractivity contribution is 5.72. The molecule has 104 valence electrons. The average Bonchev–Trinajstić information content (AvgIpc) is 2.76. The molecule has 0 aliphatic heterocycles. The number of halogens is 1. The second kappa shape index (κ2) is 5.33. The van der Waals surface area contributed by atoms with Crippen molar-refractivity contribution in [2.45, 2.75) is 33.2 Å². The summed E-state index contributed by atoms with van der Waals surface area (Å²) in [4.78, 5) is 4.56. The van der Waals surface area contributed by atoms with E-state index in [1.807, 2.05) is 31.4 Å². The molecule has 0 amide bonds. The minimum Gasteiger partial charge on any atom is -0.383 e. The van der Waals surface area contributed by atoms with E-state index < -0.39 is 5.82 Å². The Morgan fingerprint density at radius 3 is 2.65 bits per heavy atom. The van der Waals surface area contributed by atoms with Crippen LogP contribution in [0.3, 0.4) is 0 Å². The van der Waals surface area contributed by atoms with Crippen molar-refractivity contribution in [1.29, 1.82) is 5.26 Å². The lowest BCUT2D eigenvalue weighted by Gasteiger charge is -2.08. The first-order valence-electron chi connectivity index (χ1n) is 6.55. The lowest BCUT2D eigenvalue weighted by molar-refractivity contribution is 0.624. The third-order valence-corrected chi connectivity index (χ3v) is 3.23. The lowest BCUT2D eigenvalue weighted by Crippen LogP contribution is -2.06. The molecule has 2 rings (SSSR count). The van der Waals surface area contributed by atoms with Crippen LogP contribution in [0, 0.1) is 17.1 Å². The van der Waals surface area contributed by atoms with E-state index in [1.54, 1.807) is 6.07 Å². The molecule has 0 aliphatic rings. The van der Waals surface area contributed by atoms with E-state index in [1.165, 1.54) is 12.1 Å². The quantitative estimate of drug-likeness (QED) is 0.932. The fraction of sp³-hybridized carbons (Fsp3) is 0.333. The number of benzene rings is 1. The molecule has 0 saturated carbocycles. The first-order chi connectivity index (χ1) is 9.49. The molecule has 1 heterocycles. The van der Waals surface area contributed by atoms with Crippen LogP contribution in [0.1, 0.15) is 38.1 Å². The van der Waals surface area contributed by atoms with Crippen molar-refractivity contribution < 1.29 is 4.39 Å². The van der Waals surface area contributed by atoms with Crippen LogP contribution in [0.2, 0.25) is 0 Å². The topological polar surface area (TPSA) is 67.6 Å². The monoisotopic (exact) mass is 272 g/mol. The normalized spacial score (nSPS) is 10.8. The van der Waals surface area contributed by atoms with Gasteiger partial charge in [0.1, 0.15) is 29.2 Å². The molecule has 0 saturated heterocycles. The predicted molar refractivity (Wildman–Crippen MR) is 76.5 cm³/mol.